The number of benzene rings is 1. The number of anilines is 1. The molecule has 0 spiro atoms. The number of aliphatic hydroxyl groups is 1. The lowest BCUT2D eigenvalue weighted by atomic mass is 9.93. The molecule has 18 heavy (non-hydrogen) atoms. The first-order valence-electron chi connectivity index (χ1n) is 6.11. The largest absolute Gasteiger partial charge is 0.390 e. The minimum atomic E-state index is -0.643. The first-order chi connectivity index (χ1) is 8.39. The summed E-state index contributed by atoms with van der Waals surface area (Å²) in [5.74, 6) is 0. The third-order valence-corrected chi connectivity index (χ3v) is 3.51. The minimum absolute atomic E-state index is 0.150. The highest BCUT2D eigenvalue weighted by atomic mass is 16.6. The number of rotatable bonds is 2. The van der Waals surface area contributed by atoms with Crippen LogP contribution >= 0.6 is 0 Å². The monoisotopic (exact) mass is 250 g/mol. The van der Waals surface area contributed by atoms with Crippen molar-refractivity contribution < 1.29 is 10.0 Å². The molecule has 1 aromatic carbocycles. The molecule has 0 bridgehead atoms. The third-order valence-electron chi connectivity index (χ3n) is 3.51. The fraction of sp³-hybridized carbons (Fsp3) is 0.538. The van der Waals surface area contributed by atoms with Crippen molar-refractivity contribution in [3.05, 3.63) is 33.9 Å². The van der Waals surface area contributed by atoms with E-state index in [0.29, 0.717) is 31.6 Å². The fourth-order valence-electron chi connectivity index (χ4n) is 2.28. The Hall–Kier alpha value is -1.62. The van der Waals surface area contributed by atoms with E-state index in [1.807, 2.05) is 24.8 Å². The highest BCUT2D eigenvalue weighted by Gasteiger charge is 2.30. The summed E-state index contributed by atoms with van der Waals surface area (Å²) in [6.07, 6.45) is 1.27. The van der Waals surface area contributed by atoms with Crippen LogP contribution in [0.2, 0.25) is 0 Å². The van der Waals surface area contributed by atoms with Crippen LogP contribution in [0.15, 0.2) is 18.2 Å². The Bertz CT molecular complexity index is 461. The predicted octanol–water partition coefficient (Wildman–Crippen LogP) is 2.25. The van der Waals surface area contributed by atoms with E-state index in [1.54, 1.807) is 12.1 Å². The van der Waals surface area contributed by atoms with Crippen LogP contribution in [0.3, 0.4) is 0 Å². The van der Waals surface area contributed by atoms with Gasteiger partial charge in [-0.1, -0.05) is 6.07 Å². The summed E-state index contributed by atoms with van der Waals surface area (Å²) in [7, 11) is 0. The lowest BCUT2D eigenvalue weighted by molar-refractivity contribution is -0.384. The van der Waals surface area contributed by atoms with Gasteiger partial charge in [-0.05, 0) is 38.3 Å². The van der Waals surface area contributed by atoms with Gasteiger partial charge < -0.3 is 10.0 Å². The summed E-state index contributed by atoms with van der Waals surface area (Å²) in [6.45, 7) is 4.96. The van der Waals surface area contributed by atoms with Gasteiger partial charge in [-0.25, -0.2) is 0 Å². The zero-order valence-corrected chi connectivity index (χ0v) is 10.7. The third kappa shape index (κ3) is 2.61. The lowest BCUT2D eigenvalue weighted by Gasteiger charge is -2.36. The van der Waals surface area contributed by atoms with Gasteiger partial charge in [-0.3, -0.25) is 10.1 Å². The van der Waals surface area contributed by atoms with Crippen LogP contribution in [-0.2, 0) is 0 Å². The van der Waals surface area contributed by atoms with Crippen LogP contribution < -0.4 is 4.90 Å². The maximum atomic E-state index is 11.1. The average molecular weight is 250 g/mol. The summed E-state index contributed by atoms with van der Waals surface area (Å²) in [5.41, 5.74) is 1.04. The number of nitro benzene ring substituents is 1. The summed E-state index contributed by atoms with van der Waals surface area (Å²) >= 11 is 0. The topological polar surface area (TPSA) is 66.6 Å². The average Bonchev–Trinajstić information content (AvgIpc) is 2.29. The number of nitrogens with zero attached hydrogens (tertiary/aromatic N) is 2. The Morgan fingerprint density at radius 2 is 2.00 bits per heavy atom. The molecule has 5 nitrogen and oxygen atoms in total. The van der Waals surface area contributed by atoms with E-state index >= 15 is 0 Å². The van der Waals surface area contributed by atoms with Gasteiger partial charge >= 0.3 is 0 Å². The summed E-state index contributed by atoms with van der Waals surface area (Å²) in [6, 6.07) is 5.28. The van der Waals surface area contributed by atoms with Gasteiger partial charge in [0.2, 0.25) is 0 Å². The first kappa shape index (κ1) is 12.8. The van der Waals surface area contributed by atoms with Crippen molar-refractivity contribution >= 4 is 11.4 Å². The molecule has 1 aliphatic rings. The van der Waals surface area contributed by atoms with Crippen LogP contribution in [-0.4, -0.2) is 28.7 Å². The minimum Gasteiger partial charge on any atom is -0.390 e. The second kappa shape index (κ2) is 4.57. The standard InChI is InChI=1S/C13H18N2O3/c1-10-3-4-11(12(9-10)15(17)18)14-7-5-13(2,16)6-8-14/h3-4,9,16H,5-8H2,1-2H3. The quantitative estimate of drug-likeness (QED) is 0.645. The Kier molecular flexibility index (Phi) is 3.26. The van der Waals surface area contributed by atoms with E-state index in [4.69, 9.17) is 0 Å². The molecular formula is C13H18N2O3. The maximum absolute atomic E-state index is 11.1. The normalized spacial score (nSPS) is 18.7. The molecule has 0 saturated carbocycles. The lowest BCUT2D eigenvalue weighted by Crippen LogP contribution is -2.42. The van der Waals surface area contributed by atoms with Gasteiger partial charge in [0.1, 0.15) is 5.69 Å². The number of hydrogen-bond donors (Lipinski definition) is 1. The Balaban J connectivity index is 2.26. The second-order valence-corrected chi connectivity index (χ2v) is 5.23. The highest BCUT2D eigenvalue weighted by molar-refractivity contribution is 5.64. The maximum Gasteiger partial charge on any atom is 0.292 e. The molecule has 1 aromatic rings. The van der Waals surface area contributed by atoms with Crippen LogP contribution in [0, 0.1) is 17.0 Å². The van der Waals surface area contributed by atoms with Crippen LogP contribution in [0.4, 0.5) is 11.4 Å². The van der Waals surface area contributed by atoms with Gasteiger partial charge in [-0.15, -0.1) is 0 Å². The second-order valence-electron chi connectivity index (χ2n) is 5.23. The van der Waals surface area contributed by atoms with Crippen molar-refractivity contribution in [2.45, 2.75) is 32.3 Å². The molecule has 1 N–H and O–H groups in total. The fourth-order valence-corrected chi connectivity index (χ4v) is 2.28. The van der Waals surface area contributed by atoms with Crippen molar-refractivity contribution in [2.24, 2.45) is 0 Å². The molecule has 0 radical (unpaired) electrons. The Morgan fingerprint density at radius 3 is 2.56 bits per heavy atom. The smallest absolute Gasteiger partial charge is 0.292 e. The molecule has 2 rings (SSSR count). The number of piperidine rings is 1. The van der Waals surface area contributed by atoms with Gasteiger partial charge in [0.25, 0.3) is 5.69 Å². The number of nitro groups is 1. The van der Waals surface area contributed by atoms with Gasteiger partial charge in [0.05, 0.1) is 10.5 Å². The molecule has 0 atom stereocenters. The summed E-state index contributed by atoms with van der Waals surface area (Å²) in [5, 5.41) is 21.0. The van der Waals surface area contributed by atoms with Crippen molar-refractivity contribution in [1.29, 1.82) is 0 Å². The van der Waals surface area contributed by atoms with E-state index in [2.05, 4.69) is 0 Å². The molecule has 0 aromatic heterocycles. The summed E-state index contributed by atoms with van der Waals surface area (Å²) in [4.78, 5) is 12.7. The number of hydrogen-bond acceptors (Lipinski definition) is 4. The molecule has 1 aliphatic heterocycles. The Morgan fingerprint density at radius 1 is 1.39 bits per heavy atom. The molecule has 98 valence electrons. The molecule has 1 heterocycles. The predicted molar refractivity (Wildman–Crippen MR) is 69.9 cm³/mol. The zero-order valence-electron chi connectivity index (χ0n) is 10.7. The molecule has 1 saturated heterocycles. The number of aryl methyl sites for hydroxylation is 1. The van der Waals surface area contributed by atoms with E-state index in [0.717, 1.165) is 5.56 Å². The van der Waals surface area contributed by atoms with Gasteiger partial charge in [0.15, 0.2) is 0 Å². The van der Waals surface area contributed by atoms with E-state index < -0.39 is 5.60 Å². The SMILES string of the molecule is Cc1ccc(N2CCC(C)(O)CC2)c([N+](=O)[O-])c1. The molecule has 0 aliphatic carbocycles. The van der Waals surface area contributed by atoms with Crippen LogP contribution in [0.5, 0.6) is 0 Å². The molecule has 0 amide bonds. The summed E-state index contributed by atoms with van der Waals surface area (Å²) < 4.78 is 0. The Labute approximate surface area is 106 Å². The van der Waals surface area contributed by atoms with E-state index in [9.17, 15) is 15.2 Å². The van der Waals surface area contributed by atoms with Gasteiger partial charge in [0, 0.05) is 19.2 Å². The first-order valence-corrected chi connectivity index (χ1v) is 6.11. The van der Waals surface area contributed by atoms with Crippen molar-refractivity contribution in [3.8, 4) is 0 Å². The molecule has 1 fully saturated rings. The van der Waals surface area contributed by atoms with Gasteiger partial charge in [-0.2, -0.15) is 0 Å². The van der Waals surface area contributed by atoms with Crippen LogP contribution in [0.1, 0.15) is 25.3 Å². The molecular weight excluding hydrogens is 232 g/mol. The molecule has 5 heteroatoms. The van der Waals surface area contributed by atoms with Crippen LogP contribution in [0.25, 0.3) is 0 Å². The van der Waals surface area contributed by atoms with Crippen molar-refractivity contribution in [3.63, 3.8) is 0 Å². The highest BCUT2D eigenvalue weighted by Crippen LogP contribution is 2.33. The van der Waals surface area contributed by atoms with Crippen molar-refractivity contribution in [1.82, 2.24) is 0 Å². The van der Waals surface area contributed by atoms with Crippen molar-refractivity contribution in [2.75, 3.05) is 18.0 Å². The van der Waals surface area contributed by atoms with E-state index in [-0.39, 0.29) is 10.6 Å². The molecule has 0 unspecified atom stereocenters. The van der Waals surface area contributed by atoms with E-state index in [1.165, 1.54) is 0 Å². The zero-order chi connectivity index (χ0) is 13.3.